The second kappa shape index (κ2) is 5.85. The summed E-state index contributed by atoms with van der Waals surface area (Å²) in [7, 11) is 0. The first-order valence-electron chi connectivity index (χ1n) is 6.99. The van der Waals surface area contributed by atoms with Crippen LogP contribution in [0.1, 0.15) is 37.9 Å². The largest absolute Gasteiger partial charge is 0.318 e. The highest BCUT2D eigenvalue weighted by atomic mass is 32.2. The molecule has 0 saturated carbocycles. The number of hydrogen-bond donors (Lipinski definition) is 1. The molecule has 3 heterocycles. The quantitative estimate of drug-likeness (QED) is 0.927. The molecule has 3 unspecified atom stereocenters. The van der Waals surface area contributed by atoms with Crippen molar-refractivity contribution in [1.82, 2.24) is 10.2 Å². The second-order valence-electron chi connectivity index (χ2n) is 5.23. The fraction of sp³-hybridized carbons (Fsp3) is 0.643. The van der Waals surface area contributed by atoms with E-state index in [0.717, 1.165) is 25.0 Å². The minimum Gasteiger partial charge on any atom is -0.318 e. The zero-order valence-electron chi connectivity index (χ0n) is 11.2. The van der Waals surface area contributed by atoms with E-state index in [0.29, 0.717) is 11.9 Å². The minimum absolute atomic E-state index is 0.0144. The van der Waals surface area contributed by atoms with Gasteiger partial charge in [0, 0.05) is 11.8 Å². The molecule has 0 bridgehead atoms. The molecule has 0 radical (unpaired) electrons. The van der Waals surface area contributed by atoms with Crippen molar-refractivity contribution in [3.05, 3.63) is 22.4 Å². The molecule has 5 heteroatoms. The number of amides is 1. The number of hydrogen-bond acceptors (Lipinski definition) is 4. The Morgan fingerprint density at radius 3 is 3.05 bits per heavy atom. The lowest BCUT2D eigenvalue weighted by Crippen LogP contribution is -2.40. The van der Waals surface area contributed by atoms with E-state index in [1.165, 1.54) is 11.3 Å². The van der Waals surface area contributed by atoms with Crippen molar-refractivity contribution in [2.45, 2.75) is 44.4 Å². The lowest BCUT2D eigenvalue weighted by molar-refractivity contribution is -0.132. The predicted octanol–water partition coefficient (Wildman–Crippen LogP) is 2.85. The van der Waals surface area contributed by atoms with Crippen LogP contribution in [0.15, 0.2) is 16.8 Å². The topological polar surface area (TPSA) is 32.3 Å². The molecule has 0 aliphatic carbocycles. The Hall–Kier alpha value is -0.520. The number of thiophene rings is 1. The van der Waals surface area contributed by atoms with Crippen LogP contribution in [0.5, 0.6) is 0 Å². The normalized spacial score (nSPS) is 31.3. The second-order valence-corrected chi connectivity index (χ2v) is 7.16. The van der Waals surface area contributed by atoms with E-state index in [2.05, 4.69) is 34.0 Å². The smallest absolute Gasteiger partial charge is 0.241 e. The van der Waals surface area contributed by atoms with Crippen LogP contribution in [0.3, 0.4) is 0 Å². The molecule has 2 saturated heterocycles. The lowest BCUT2D eigenvalue weighted by Gasteiger charge is -2.29. The summed E-state index contributed by atoms with van der Waals surface area (Å²) in [6, 6.07) is 2.57. The maximum absolute atomic E-state index is 12.6. The maximum atomic E-state index is 12.6. The van der Waals surface area contributed by atoms with E-state index in [1.807, 2.05) is 11.8 Å². The Morgan fingerprint density at radius 2 is 2.42 bits per heavy atom. The van der Waals surface area contributed by atoms with Gasteiger partial charge in [0.1, 0.15) is 6.17 Å². The van der Waals surface area contributed by atoms with Gasteiger partial charge in [0.2, 0.25) is 5.91 Å². The molecule has 1 aromatic heterocycles. The summed E-state index contributed by atoms with van der Waals surface area (Å²) in [5.74, 6) is 2.58. The Labute approximate surface area is 122 Å². The number of thioether (sulfide) groups is 1. The van der Waals surface area contributed by atoms with E-state index < -0.39 is 0 Å². The highest BCUT2D eigenvalue weighted by molar-refractivity contribution is 7.99. The van der Waals surface area contributed by atoms with Crippen LogP contribution in [-0.4, -0.2) is 34.4 Å². The van der Waals surface area contributed by atoms with Gasteiger partial charge in [0.25, 0.3) is 0 Å². The third kappa shape index (κ3) is 2.56. The summed E-state index contributed by atoms with van der Waals surface area (Å²) in [5.41, 5.74) is 1.24. The van der Waals surface area contributed by atoms with Crippen molar-refractivity contribution in [2.75, 3.05) is 11.5 Å². The molecule has 1 N–H and O–H groups in total. The van der Waals surface area contributed by atoms with Gasteiger partial charge in [0.05, 0.1) is 6.04 Å². The van der Waals surface area contributed by atoms with Crippen LogP contribution in [0, 0.1) is 0 Å². The van der Waals surface area contributed by atoms with Gasteiger partial charge in [0.15, 0.2) is 0 Å². The Kier molecular flexibility index (Phi) is 4.15. The monoisotopic (exact) mass is 296 g/mol. The van der Waals surface area contributed by atoms with E-state index >= 15 is 0 Å². The van der Waals surface area contributed by atoms with Gasteiger partial charge in [-0.3, -0.25) is 10.1 Å². The first-order chi connectivity index (χ1) is 9.31. The minimum atomic E-state index is 0.0144. The third-order valence-corrected chi connectivity index (χ3v) is 5.77. The molecule has 3 atom stereocenters. The zero-order valence-corrected chi connectivity index (χ0v) is 12.8. The van der Waals surface area contributed by atoms with Crippen LogP contribution in [0.2, 0.25) is 0 Å². The molecule has 2 fully saturated rings. The fourth-order valence-electron chi connectivity index (χ4n) is 2.96. The molecule has 2 aliphatic heterocycles. The molecule has 1 amide bonds. The number of carbonyl (C=O) groups is 1. The van der Waals surface area contributed by atoms with Crippen LogP contribution < -0.4 is 5.32 Å². The van der Waals surface area contributed by atoms with Crippen molar-refractivity contribution in [1.29, 1.82) is 0 Å². The molecule has 3 nitrogen and oxygen atoms in total. The summed E-state index contributed by atoms with van der Waals surface area (Å²) in [4.78, 5) is 14.8. The summed E-state index contributed by atoms with van der Waals surface area (Å²) in [6.45, 7) is 2.14. The lowest BCUT2D eigenvalue weighted by atomic mass is 10.1. The summed E-state index contributed by atoms with van der Waals surface area (Å²) in [5, 5.41) is 7.80. The Balaban J connectivity index is 1.85. The molecule has 2 aliphatic rings. The average molecular weight is 296 g/mol. The number of nitrogens with zero attached hydrogens (tertiary/aromatic N) is 1. The van der Waals surface area contributed by atoms with Gasteiger partial charge in [-0.25, -0.2) is 0 Å². The first kappa shape index (κ1) is 13.5. The van der Waals surface area contributed by atoms with Crippen molar-refractivity contribution in [3.63, 3.8) is 0 Å². The SMILES string of the molecule is CCCC1NC(c2ccsc2)N(C2CCSC2)C1=O. The first-order valence-corrected chi connectivity index (χ1v) is 9.09. The van der Waals surface area contributed by atoms with Gasteiger partial charge in [-0.1, -0.05) is 13.3 Å². The van der Waals surface area contributed by atoms with E-state index in [4.69, 9.17) is 0 Å². The van der Waals surface area contributed by atoms with E-state index in [1.54, 1.807) is 11.3 Å². The molecular weight excluding hydrogens is 276 g/mol. The van der Waals surface area contributed by atoms with Gasteiger partial charge in [-0.05, 0) is 41.0 Å². The zero-order chi connectivity index (χ0) is 13.2. The average Bonchev–Trinajstić information content (AvgIpc) is 3.11. The molecule has 104 valence electrons. The standard InChI is InChI=1S/C14H20N2OS2/c1-2-3-12-14(17)16(11-5-7-19-9-11)13(15-12)10-4-6-18-8-10/h4,6,8,11-13,15H,2-3,5,7,9H2,1H3. The van der Waals surface area contributed by atoms with Crippen molar-refractivity contribution in [3.8, 4) is 0 Å². The van der Waals surface area contributed by atoms with Crippen molar-refractivity contribution < 1.29 is 4.79 Å². The van der Waals surface area contributed by atoms with Gasteiger partial charge in [-0.2, -0.15) is 23.1 Å². The summed E-state index contributed by atoms with van der Waals surface area (Å²) in [6.07, 6.45) is 3.22. The van der Waals surface area contributed by atoms with Crippen LogP contribution in [0.4, 0.5) is 0 Å². The molecular formula is C14H20N2OS2. The summed E-state index contributed by atoms with van der Waals surface area (Å²) >= 11 is 3.67. The van der Waals surface area contributed by atoms with Crippen molar-refractivity contribution in [2.24, 2.45) is 0 Å². The van der Waals surface area contributed by atoms with Crippen LogP contribution in [0.25, 0.3) is 0 Å². The number of rotatable bonds is 4. The molecule has 0 aromatic carbocycles. The Morgan fingerprint density at radius 1 is 1.53 bits per heavy atom. The number of nitrogens with one attached hydrogen (secondary N) is 1. The van der Waals surface area contributed by atoms with Gasteiger partial charge >= 0.3 is 0 Å². The molecule has 3 rings (SSSR count). The molecule has 0 spiro atoms. The van der Waals surface area contributed by atoms with Gasteiger partial charge < -0.3 is 4.90 Å². The third-order valence-electron chi connectivity index (χ3n) is 3.93. The molecule has 19 heavy (non-hydrogen) atoms. The van der Waals surface area contributed by atoms with Crippen LogP contribution >= 0.6 is 23.1 Å². The maximum Gasteiger partial charge on any atom is 0.241 e. The van der Waals surface area contributed by atoms with Gasteiger partial charge in [-0.15, -0.1) is 0 Å². The molecule has 1 aromatic rings. The predicted molar refractivity (Wildman–Crippen MR) is 81.5 cm³/mol. The van der Waals surface area contributed by atoms with Crippen LogP contribution in [-0.2, 0) is 4.79 Å². The highest BCUT2D eigenvalue weighted by Gasteiger charge is 2.43. The highest BCUT2D eigenvalue weighted by Crippen LogP contribution is 2.34. The fourth-order valence-corrected chi connectivity index (χ4v) is 4.85. The van der Waals surface area contributed by atoms with E-state index in [9.17, 15) is 4.79 Å². The number of carbonyl (C=O) groups excluding carboxylic acids is 1. The van der Waals surface area contributed by atoms with E-state index in [-0.39, 0.29) is 12.2 Å². The van der Waals surface area contributed by atoms with Crippen molar-refractivity contribution >= 4 is 29.0 Å². The Bertz CT molecular complexity index is 429. The summed E-state index contributed by atoms with van der Waals surface area (Å²) < 4.78 is 0.